The lowest BCUT2D eigenvalue weighted by atomic mass is 10.2. The number of nitrogens with two attached hydrogens (primary N) is 1. The zero-order valence-corrected chi connectivity index (χ0v) is 19.0. The number of nitrogens with zero attached hydrogens (tertiary/aromatic N) is 4. The molecule has 12 heteroatoms. The molecule has 0 aliphatic rings. The SMILES string of the molecule is CN(C)CCCN(C)C(=O)c1[nH]c2ncnc(Nc3cc(C=N)c(N)[nH]c3=O)c2c1Br. The molecule has 0 spiro atoms. The molecule has 0 saturated heterocycles. The molecule has 0 aliphatic carbocycles. The first kappa shape index (κ1) is 22.4. The molecule has 0 aliphatic heterocycles. The molecular weight excluding hydrogens is 466 g/mol. The van der Waals surface area contributed by atoms with Crippen molar-refractivity contribution in [3.8, 4) is 0 Å². The van der Waals surface area contributed by atoms with Gasteiger partial charge in [0.2, 0.25) is 0 Å². The number of aromatic nitrogens is 4. The summed E-state index contributed by atoms with van der Waals surface area (Å²) in [6.07, 6.45) is 3.21. The molecule has 0 aromatic carbocycles. The van der Waals surface area contributed by atoms with Crippen molar-refractivity contribution in [2.75, 3.05) is 45.3 Å². The second-order valence-corrected chi connectivity index (χ2v) is 8.09. The standard InChI is InChI=1S/C19H24BrN9O2/c1-28(2)5-4-6-29(3)19(31)14-13(20)12-16(23-9-24-17(12)26-14)25-11-7-10(8-21)15(22)27-18(11)30/h7-9,21H,4-6H2,1-3H3,(H3,22,27,30)(H2,23,24,25,26). The van der Waals surface area contributed by atoms with Gasteiger partial charge < -0.3 is 36.2 Å². The van der Waals surface area contributed by atoms with Gasteiger partial charge in [-0.05, 0) is 49.1 Å². The topological polar surface area (TPSA) is 160 Å². The predicted octanol–water partition coefficient (Wildman–Crippen LogP) is 1.76. The van der Waals surface area contributed by atoms with Crippen LogP contribution in [0.5, 0.6) is 0 Å². The van der Waals surface area contributed by atoms with Gasteiger partial charge in [0.25, 0.3) is 11.5 Å². The fourth-order valence-electron chi connectivity index (χ4n) is 3.05. The fraction of sp³-hybridized carbons (Fsp3) is 0.316. The van der Waals surface area contributed by atoms with Crippen molar-refractivity contribution < 1.29 is 4.79 Å². The van der Waals surface area contributed by atoms with Crippen LogP contribution in [0, 0.1) is 5.41 Å². The first-order valence-electron chi connectivity index (χ1n) is 9.45. The normalized spacial score (nSPS) is 11.1. The number of carbonyl (C=O) groups excluding carboxylic acids is 1. The lowest BCUT2D eigenvalue weighted by Gasteiger charge is -2.18. The first-order chi connectivity index (χ1) is 14.7. The van der Waals surface area contributed by atoms with E-state index in [4.69, 9.17) is 11.1 Å². The fourth-order valence-corrected chi connectivity index (χ4v) is 3.69. The number of hydrogen-bond acceptors (Lipinski definition) is 8. The van der Waals surface area contributed by atoms with E-state index in [-0.39, 0.29) is 17.4 Å². The second kappa shape index (κ2) is 9.27. The summed E-state index contributed by atoms with van der Waals surface area (Å²) in [7, 11) is 5.72. The van der Waals surface area contributed by atoms with Gasteiger partial charge >= 0.3 is 0 Å². The average molecular weight is 490 g/mol. The minimum atomic E-state index is -0.460. The third kappa shape index (κ3) is 4.75. The highest BCUT2D eigenvalue weighted by molar-refractivity contribution is 9.10. The Morgan fingerprint density at radius 3 is 2.71 bits per heavy atom. The molecule has 11 nitrogen and oxygen atoms in total. The Balaban J connectivity index is 1.94. The smallest absolute Gasteiger partial charge is 0.273 e. The zero-order chi connectivity index (χ0) is 22.7. The molecule has 164 valence electrons. The number of fused-ring (bicyclic) bond motifs is 1. The largest absolute Gasteiger partial charge is 0.385 e. The molecule has 3 rings (SSSR count). The van der Waals surface area contributed by atoms with Crippen LogP contribution in [-0.4, -0.2) is 76.1 Å². The Morgan fingerprint density at radius 2 is 2.03 bits per heavy atom. The lowest BCUT2D eigenvalue weighted by Crippen LogP contribution is -2.30. The maximum atomic E-state index is 12.9. The summed E-state index contributed by atoms with van der Waals surface area (Å²) in [5, 5.41) is 10.9. The van der Waals surface area contributed by atoms with Crippen molar-refractivity contribution in [1.29, 1.82) is 5.41 Å². The highest BCUT2D eigenvalue weighted by Gasteiger charge is 2.22. The van der Waals surface area contributed by atoms with Crippen LogP contribution in [0.25, 0.3) is 11.0 Å². The number of pyridine rings is 1. The van der Waals surface area contributed by atoms with E-state index in [1.54, 1.807) is 11.9 Å². The van der Waals surface area contributed by atoms with Crippen LogP contribution < -0.4 is 16.6 Å². The predicted molar refractivity (Wildman–Crippen MR) is 124 cm³/mol. The number of nitrogens with one attached hydrogen (secondary N) is 4. The summed E-state index contributed by atoms with van der Waals surface area (Å²) in [5.74, 6) is 0.242. The maximum Gasteiger partial charge on any atom is 0.273 e. The molecule has 0 saturated carbocycles. The van der Waals surface area contributed by atoms with E-state index >= 15 is 0 Å². The molecule has 1 amide bonds. The van der Waals surface area contributed by atoms with Gasteiger partial charge in [0.05, 0.1) is 9.86 Å². The van der Waals surface area contributed by atoms with Crippen LogP contribution in [0.15, 0.2) is 21.7 Å². The van der Waals surface area contributed by atoms with Gasteiger partial charge in [-0.1, -0.05) is 0 Å². The molecule has 0 fully saturated rings. The average Bonchev–Trinajstić information content (AvgIpc) is 3.06. The number of nitrogen functional groups attached to an aromatic ring is 1. The van der Waals surface area contributed by atoms with Crippen LogP contribution in [0.1, 0.15) is 22.5 Å². The van der Waals surface area contributed by atoms with Gasteiger partial charge in [0.15, 0.2) is 0 Å². The van der Waals surface area contributed by atoms with Crippen molar-refractivity contribution in [3.63, 3.8) is 0 Å². The van der Waals surface area contributed by atoms with Gasteiger partial charge in [-0.15, -0.1) is 0 Å². The molecule has 0 radical (unpaired) electrons. The molecule has 3 aromatic heterocycles. The minimum absolute atomic E-state index is 0.103. The summed E-state index contributed by atoms with van der Waals surface area (Å²) in [6.45, 7) is 1.47. The van der Waals surface area contributed by atoms with Gasteiger partial charge in [0.1, 0.15) is 35.0 Å². The van der Waals surface area contributed by atoms with E-state index in [1.165, 1.54) is 12.4 Å². The zero-order valence-electron chi connectivity index (χ0n) is 17.4. The number of anilines is 3. The van der Waals surface area contributed by atoms with E-state index in [2.05, 4.69) is 46.1 Å². The van der Waals surface area contributed by atoms with E-state index in [1.807, 2.05) is 14.1 Å². The summed E-state index contributed by atoms with van der Waals surface area (Å²) in [4.78, 5) is 42.9. The number of halogens is 1. The van der Waals surface area contributed by atoms with E-state index in [0.29, 0.717) is 39.1 Å². The van der Waals surface area contributed by atoms with Crippen LogP contribution in [0.2, 0.25) is 0 Å². The number of aromatic amines is 2. The third-order valence-corrected chi connectivity index (χ3v) is 5.49. The number of carbonyl (C=O) groups is 1. The Morgan fingerprint density at radius 1 is 1.29 bits per heavy atom. The molecule has 6 N–H and O–H groups in total. The van der Waals surface area contributed by atoms with Crippen molar-refractivity contribution in [3.05, 3.63) is 38.5 Å². The summed E-state index contributed by atoms with van der Waals surface area (Å²) in [5.41, 5.74) is 6.55. The van der Waals surface area contributed by atoms with Crippen LogP contribution in [-0.2, 0) is 0 Å². The highest BCUT2D eigenvalue weighted by atomic mass is 79.9. The lowest BCUT2D eigenvalue weighted by molar-refractivity contribution is 0.0785. The molecule has 31 heavy (non-hydrogen) atoms. The monoisotopic (exact) mass is 489 g/mol. The highest BCUT2D eigenvalue weighted by Crippen LogP contribution is 2.33. The van der Waals surface area contributed by atoms with E-state index in [9.17, 15) is 9.59 Å². The number of rotatable bonds is 8. The van der Waals surface area contributed by atoms with Gasteiger partial charge in [-0.2, -0.15) is 0 Å². The molecule has 0 unspecified atom stereocenters. The minimum Gasteiger partial charge on any atom is -0.385 e. The van der Waals surface area contributed by atoms with E-state index < -0.39 is 5.56 Å². The van der Waals surface area contributed by atoms with Gasteiger partial charge in [-0.25, -0.2) is 9.97 Å². The summed E-state index contributed by atoms with van der Waals surface area (Å²) >= 11 is 3.49. The number of amides is 1. The molecule has 3 aromatic rings. The summed E-state index contributed by atoms with van der Waals surface area (Å²) in [6, 6.07) is 1.46. The summed E-state index contributed by atoms with van der Waals surface area (Å²) < 4.78 is 0.495. The molecule has 0 bridgehead atoms. The number of hydrogen-bond donors (Lipinski definition) is 5. The van der Waals surface area contributed by atoms with Crippen molar-refractivity contribution in [2.45, 2.75) is 6.42 Å². The van der Waals surface area contributed by atoms with Crippen molar-refractivity contribution in [2.24, 2.45) is 0 Å². The van der Waals surface area contributed by atoms with Crippen LogP contribution in [0.3, 0.4) is 0 Å². The van der Waals surface area contributed by atoms with Crippen LogP contribution >= 0.6 is 15.9 Å². The third-order valence-electron chi connectivity index (χ3n) is 4.70. The quantitative estimate of drug-likeness (QED) is 0.301. The van der Waals surface area contributed by atoms with Crippen LogP contribution in [0.4, 0.5) is 17.3 Å². The van der Waals surface area contributed by atoms with Crippen molar-refractivity contribution in [1.82, 2.24) is 29.7 Å². The molecular formula is C19H24BrN9O2. The Hall–Kier alpha value is -3.25. The Labute approximate surface area is 186 Å². The number of H-pyrrole nitrogens is 2. The Kier molecular flexibility index (Phi) is 6.71. The second-order valence-electron chi connectivity index (χ2n) is 7.29. The molecule has 3 heterocycles. The van der Waals surface area contributed by atoms with E-state index in [0.717, 1.165) is 19.2 Å². The van der Waals surface area contributed by atoms with Gasteiger partial charge in [-0.3, -0.25) is 9.59 Å². The van der Waals surface area contributed by atoms with Crippen molar-refractivity contribution >= 4 is 56.4 Å². The first-order valence-corrected chi connectivity index (χ1v) is 10.2. The molecule has 0 atom stereocenters. The van der Waals surface area contributed by atoms with Gasteiger partial charge in [0, 0.05) is 25.4 Å². The maximum absolute atomic E-state index is 12.9. The Bertz CT molecular complexity index is 1190.